The zero-order valence-electron chi connectivity index (χ0n) is 9.33. The molecule has 0 unspecified atom stereocenters. The fraction of sp³-hybridized carbons (Fsp3) is 0.417. The van der Waals surface area contributed by atoms with E-state index in [0.717, 1.165) is 34.3 Å². The fourth-order valence-corrected chi connectivity index (χ4v) is 2.79. The van der Waals surface area contributed by atoms with Gasteiger partial charge in [0.1, 0.15) is 0 Å². The summed E-state index contributed by atoms with van der Waals surface area (Å²) in [6.45, 7) is 4.03. The quantitative estimate of drug-likeness (QED) is 0.860. The van der Waals surface area contributed by atoms with Gasteiger partial charge in [0.05, 0.1) is 6.10 Å². The molecule has 1 heterocycles. The SMILES string of the molecule is CC(=O)N1CCc2cc(Br)c([C@H](C)O)cc21. The van der Waals surface area contributed by atoms with Crippen LogP contribution in [-0.4, -0.2) is 17.6 Å². The minimum absolute atomic E-state index is 0.0533. The van der Waals surface area contributed by atoms with E-state index in [2.05, 4.69) is 15.9 Å². The topological polar surface area (TPSA) is 40.5 Å². The first-order chi connectivity index (χ1) is 7.50. The molecule has 2 rings (SSSR count). The smallest absolute Gasteiger partial charge is 0.223 e. The highest BCUT2D eigenvalue weighted by Crippen LogP contribution is 2.35. The van der Waals surface area contributed by atoms with Crippen LogP contribution in [0.2, 0.25) is 0 Å². The Kier molecular flexibility index (Phi) is 3.04. The van der Waals surface area contributed by atoms with E-state index in [0.29, 0.717) is 0 Å². The third-order valence-corrected chi connectivity index (χ3v) is 3.61. The molecule has 0 spiro atoms. The number of hydrogen-bond acceptors (Lipinski definition) is 2. The van der Waals surface area contributed by atoms with Crippen molar-refractivity contribution in [1.29, 1.82) is 0 Å². The maximum absolute atomic E-state index is 11.4. The molecule has 0 aromatic heterocycles. The first-order valence-electron chi connectivity index (χ1n) is 5.29. The fourth-order valence-electron chi connectivity index (χ4n) is 2.07. The molecular formula is C12H14BrNO2. The molecule has 1 atom stereocenters. The third-order valence-electron chi connectivity index (χ3n) is 2.92. The van der Waals surface area contributed by atoms with E-state index >= 15 is 0 Å². The molecule has 1 aromatic carbocycles. The van der Waals surface area contributed by atoms with Gasteiger partial charge in [-0.05, 0) is 36.6 Å². The van der Waals surface area contributed by atoms with Gasteiger partial charge in [0.2, 0.25) is 5.91 Å². The minimum Gasteiger partial charge on any atom is -0.389 e. The summed E-state index contributed by atoms with van der Waals surface area (Å²) in [6.07, 6.45) is 0.349. The predicted octanol–water partition coefficient (Wildman–Crippen LogP) is 2.41. The lowest BCUT2D eigenvalue weighted by atomic mass is 10.1. The minimum atomic E-state index is -0.533. The largest absolute Gasteiger partial charge is 0.389 e. The molecule has 86 valence electrons. The van der Waals surface area contributed by atoms with Gasteiger partial charge in [-0.2, -0.15) is 0 Å². The lowest BCUT2D eigenvalue weighted by Gasteiger charge is -2.17. The molecule has 0 radical (unpaired) electrons. The van der Waals surface area contributed by atoms with Crippen LogP contribution in [0.1, 0.15) is 31.1 Å². The Morgan fingerprint density at radius 1 is 1.56 bits per heavy atom. The third kappa shape index (κ3) is 1.87. The molecule has 0 saturated carbocycles. The Balaban J connectivity index is 2.50. The summed E-state index contributed by atoms with van der Waals surface area (Å²) >= 11 is 3.44. The standard InChI is InChI=1S/C12H14BrNO2/c1-7(15)10-6-12-9(5-11(10)13)3-4-14(12)8(2)16/h5-7,15H,3-4H2,1-2H3/t7-/m0/s1. The number of carbonyl (C=O) groups is 1. The van der Waals surface area contributed by atoms with Gasteiger partial charge in [-0.15, -0.1) is 0 Å². The molecule has 0 fully saturated rings. The molecular weight excluding hydrogens is 270 g/mol. The molecule has 0 bridgehead atoms. The maximum Gasteiger partial charge on any atom is 0.223 e. The number of aliphatic hydroxyl groups is 1. The number of amides is 1. The Bertz CT molecular complexity index is 443. The molecule has 1 amide bonds. The Morgan fingerprint density at radius 3 is 2.81 bits per heavy atom. The highest BCUT2D eigenvalue weighted by Gasteiger charge is 2.24. The van der Waals surface area contributed by atoms with E-state index in [9.17, 15) is 9.90 Å². The second-order valence-corrected chi connectivity index (χ2v) is 4.95. The summed E-state index contributed by atoms with van der Waals surface area (Å²) in [5.41, 5.74) is 2.92. The summed E-state index contributed by atoms with van der Waals surface area (Å²) in [5.74, 6) is 0.0533. The van der Waals surface area contributed by atoms with E-state index in [1.165, 1.54) is 0 Å². The first-order valence-corrected chi connectivity index (χ1v) is 6.08. The Labute approximate surface area is 103 Å². The van der Waals surface area contributed by atoms with Crippen molar-refractivity contribution in [2.45, 2.75) is 26.4 Å². The lowest BCUT2D eigenvalue weighted by molar-refractivity contribution is -0.116. The van der Waals surface area contributed by atoms with Gasteiger partial charge in [-0.3, -0.25) is 4.79 Å². The van der Waals surface area contributed by atoms with Crippen LogP contribution < -0.4 is 4.90 Å². The molecule has 4 heteroatoms. The number of carbonyl (C=O) groups excluding carboxylic acids is 1. The number of nitrogens with zero attached hydrogens (tertiary/aromatic N) is 1. The number of aliphatic hydroxyl groups excluding tert-OH is 1. The van der Waals surface area contributed by atoms with Crippen LogP contribution in [0.4, 0.5) is 5.69 Å². The molecule has 1 N–H and O–H groups in total. The Hall–Kier alpha value is -0.870. The molecule has 0 aliphatic carbocycles. The van der Waals surface area contributed by atoms with Gasteiger partial charge >= 0.3 is 0 Å². The molecule has 1 aromatic rings. The molecule has 16 heavy (non-hydrogen) atoms. The van der Waals surface area contributed by atoms with Gasteiger partial charge in [0.25, 0.3) is 0 Å². The average Bonchev–Trinajstić information content (AvgIpc) is 2.58. The summed E-state index contributed by atoms with van der Waals surface area (Å²) in [4.78, 5) is 13.2. The number of benzene rings is 1. The van der Waals surface area contributed by atoms with E-state index in [4.69, 9.17) is 0 Å². The van der Waals surface area contributed by atoms with E-state index < -0.39 is 6.10 Å². The van der Waals surface area contributed by atoms with Gasteiger partial charge in [0.15, 0.2) is 0 Å². The van der Waals surface area contributed by atoms with Gasteiger partial charge in [-0.1, -0.05) is 15.9 Å². The number of anilines is 1. The summed E-state index contributed by atoms with van der Waals surface area (Å²) in [7, 11) is 0. The zero-order chi connectivity index (χ0) is 11.9. The maximum atomic E-state index is 11.4. The van der Waals surface area contributed by atoms with Crippen molar-refractivity contribution in [3.8, 4) is 0 Å². The molecule has 0 saturated heterocycles. The van der Waals surface area contributed by atoms with Crippen molar-refractivity contribution in [1.82, 2.24) is 0 Å². The van der Waals surface area contributed by atoms with Gasteiger partial charge in [0, 0.05) is 23.6 Å². The summed E-state index contributed by atoms with van der Waals surface area (Å²) < 4.78 is 0.909. The van der Waals surface area contributed by atoms with Crippen molar-refractivity contribution in [2.24, 2.45) is 0 Å². The highest BCUT2D eigenvalue weighted by atomic mass is 79.9. The molecule has 1 aliphatic heterocycles. The van der Waals surface area contributed by atoms with Crippen LogP contribution in [0.25, 0.3) is 0 Å². The van der Waals surface area contributed by atoms with Crippen LogP contribution in [-0.2, 0) is 11.2 Å². The number of rotatable bonds is 1. The van der Waals surface area contributed by atoms with Crippen LogP contribution in [0.3, 0.4) is 0 Å². The van der Waals surface area contributed by atoms with E-state index in [-0.39, 0.29) is 5.91 Å². The van der Waals surface area contributed by atoms with Crippen LogP contribution >= 0.6 is 15.9 Å². The first kappa shape index (κ1) is 11.6. The second-order valence-electron chi connectivity index (χ2n) is 4.10. The normalized spacial score (nSPS) is 16.1. The highest BCUT2D eigenvalue weighted by molar-refractivity contribution is 9.10. The average molecular weight is 284 g/mol. The summed E-state index contributed by atoms with van der Waals surface area (Å²) in [6, 6.07) is 3.90. The van der Waals surface area contributed by atoms with Gasteiger partial charge in [-0.25, -0.2) is 0 Å². The number of hydrogen-bond donors (Lipinski definition) is 1. The second kappa shape index (κ2) is 4.18. The lowest BCUT2D eigenvalue weighted by Crippen LogP contribution is -2.25. The summed E-state index contributed by atoms with van der Waals surface area (Å²) in [5, 5.41) is 9.63. The van der Waals surface area contributed by atoms with Crippen molar-refractivity contribution in [3.63, 3.8) is 0 Å². The van der Waals surface area contributed by atoms with E-state index in [1.54, 1.807) is 18.7 Å². The van der Waals surface area contributed by atoms with Crippen molar-refractivity contribution >= 4 is 27.5 Å². The van der Waals surface area contributed by atoms with Crippen LogP contribution in [0.15, 0.2) is 16.6 Å². The van der Waals surface area contributed by atoms with Crippen molar-refractivity contribution in [2.75, 3.05) is 11.4 Å². The monoisotopic (exact) mass is 283 g/mol. The van der Waals surface area contributed by atoms with Crippen molar-refractivity contribution < 1.29 is 9.90 Å². The number of fused-ring (bicyclic) bond motifs is 1. The van der Waals surface area contributed by atoms with Crippen LogP contribution in [0.5, 0.6) is 0 Å². The van der Waals surface area contributed by atoms with Crippen molar-refractivity contribution in [3.05, 3.63) is 27.7 Å². The molecule has 1 aliphatic rings. The Morgan fingerprint density at radius 2 is 2.25 bits per heavy atom. The zero-order valence-corrected chi connectivity index (χ0v) is 10.9. The van der Waals surface area contributed by atoms with Gasteiger partial charge < -0.3 is 10.0 Å². The molecule has 3 nitrogen and oxygen atoms in total. The van der Waals surface area contributed by atoms with Crippen LogP contribution in [0, 0.1) is 0 Å². The number of halogens is 1. The predicted molar refractivity (Wildman–Crippen MR) is 66.5 cm³/mol. The van der Waals surface area contributed by atoms with E-state index in [1.807, 2.05) is 12.1 Å².